The van der Waals surface area contributed by atoms with Crippen molar-refractivity contribution in [1.29, 1.82) is 0 Å². The molecule has 1 amide bonds. The second kappa shape index (κ2) is 9.58. The molecule has 0 radical (unpaired) electrons. The monoisotopic (exact) mass is 481 g/mol. The first-order valence-corrected chi connectivity index (χ1v) is 12.1. The Kier molecular flexibility index (Phi) is 6.36. The van der Waals surface area contributed by atoms with Crippen LogP contribution in [0.2, 0.25) is 5.02 Å². The van der Waals surface area contributed by atoms with Crippen LogP contribution in [-0.2, 0) is 17.8 Å². The summed E-state index contributed by atoms with van der Waals surface area (Å²) in [7, 11) is 0. The highest BCUT2D eigenvalue weighted by molar-refractivity contribution is 6.30. The molecule has 0 unspecified atom stereocenters. The van der Waals surface area contributed by atoms with Crippen molar-refractivity contribution in [2.24, 2.45) is 0 Å². The van der Waals surface area contributed by atoms with Gasteiger partial charge in [0.15, 0.2) is 5.82 Å². The standard InChI is InChI=1S/C24H28ClN7O2/c1-3-16(2)34-24(33)31-14-18-12-19(25)4-5-20(18)32-22(15-31)28-29-23(32)17-6-10-30(11-7-17)21-13-26-8-9-27-21/h4-5,8-9,12-13,16-17H,3,6-7,10-11,14-15H2,1-2H3/t16-/m0/s1. The fourth-order valence-corrected chi connectivity index (χ4v) is 4.77. The number of benzene rings is 1. The minimum absolute atomic E-state index is 0.150. The summed E-state index contributed by atoms with van der Waals surface area (Å²) < 4.78 is 7.73. The minimum atomic E-state index is -0.351. The first-order valence-electron chi connectivity index (χ1n) is 11.7. The van der Waals surface area contributed by atoms with Gasteiger partial charge in [0, 0.05) is 36.4 Å². The Balaban J connectivity index is 1.43. The highest BCUT2D eigenvalue weighted by Gasteiger charge is 2.32. The van der Waals surface area contributed by atoms with Gasteiger partial charge < -0.3 is 9.64 Å². The average molecular weight is 482 g/mol. The van der Waals surface area contributed by atoms with E-state index in [4.69, 9.17) is 16.3 Å². The molecule has 1 fully saturated rings. The maximum atomic E-state index is 12.9. The number of hydrogen-bond donors (Lipinski definition) is 0. The molecule has 4 heterocycles. The Morgan fingerprint density at radius 3 is 2.76 bits per heavy atom. The molecule has 1 saturated heterocycles. The number of nitrogens with zero attached hydrogens (tertiary/aromatic N) is 7. The second-order valence-electron chi connectivity index (χ2n) is 8.87. The minimum Gasteiger partial charge on any atom is -0.446 e. The number of aromatic nitrogens is 5. The quantitative estimate of drug-likeness (QED) is 0.547. The molecular formula is C24H28ClN7O2. The van der Waals surface area contributed by atoms with Crippen LogP contribution in [0.1, 0.15) is 56.2 Å². The van der Waals surface area contributed by atoms with Crippen LogP contribution in [0.15, 0.2) is 36.8 Å². The van der Waals surface area contributed by atoms with E-state index in [1.54, 1.807) is 23.5 Å². The van der Waals surface area contributed by atoms with Crippen LogP contribution in [0.25, 0.3) is 5.69 Å². The molecule has 2 aliphatic rings. The summed E-state index contributed by atoms with van der Waals surface area (Å²) in [4.78, 5) is 25.5. The normalized spacial score (nSPS) is 17.0. The van der Waals surface area contributed by atoms with Crippen molar-refractivity contribution < 1.29 is 9.53 Å². The van der Waals surface area contributed by atoms with Gasteiger partial charge in [-0.3, -0.25) is 14.5 Å². The van der Waals surface area contributed by atoms with Crippen LogP contribution >= 0.6 is 11.6 Å². The van der Waals surface area contributed by atoms with Gasteiger partial charge in [0.25, 0.3) is 0 Å². The lowest BCUT2D eigenvalue weighted by Gasteiger charge is -2.32. The van der Waals surface area contributed by atoms with E-state index < -0.39 is 0 Å². The van der Waals surface area contributed by atoms with Gasteiger partial charge >= 0.3 is 6.09 Å². The third-order valence-corrected chi connectivity index (χ3v) is 6.83. The number of amides is 1. The van der Waals surface area contributed by atoms with Gasteiger partial charge in [-0.2, -0.15) is 0 Å². The first-order chi connectivity index (χ1) is 16.5. The zero-order chi connectivity index (χ0) is 23.7. The predicted molar refractivity (Wildman–Crippen MR) is 128 cm³/mol. The zero-order valence-electron chi connectivity index (χ0n) is 19.4. The van der Waals surface area contributed by atoms with Crippen LogP contribution in [0.5, 0.6) is 0 Å². The number of carbonyl (C=O) groups is 1. The summed E-state index contributed by atoms with van der Waals surface area (Å²) in [5.74, 6) is 2.80. The smallest absolute Gasteiger partial charge is 0.410 e. The fraction of sp³-hybridized carbons (Fsp3) is 0.458. The summed E-state index contributed by atoms with van der Waals surface area (Å²) in [6, 6.07) is 5.78. The maximum Gasteiger partial charge on any atom is 0.410 e. The summed E-state index contributed by atoms with van der Waals surface area (Å²) in [5.41, 5.74) is 1.92. The molecule has 0 bridgehead atoms. The molecule has 0 saturated carbocycles. The maximum absolute atomic E-state index is 12.9. The number of halogens is 1. The Labute approximate surface area is 203 Å². The fourth-order valence-electron chi connectivity index (χ4n) is 4.57. The Morgan fingerprint density at radius 2 is 2.03 bits per heavy atom. The molecular weight excluding hydrogens is 454 g/mol. The lowest BCUT2D eigenvalue weighted by atomic mass is 9.95. The molecule has 178 valence electrons. The molecule has 3 aromatic rings. The van der Waals surface area contributed by atoms with Crippen molar-refractivity contribution >= 4 is 23.5 Å². The van der Waals surface area contributed by atoms with E-state index in [9.17, 15) is 4.79 Å². The van der Waals surface area contributed by atoms with E-state index >= 15 is 0 Å². The predicted octanol–water partition coefficient (Wildman–Crippen LogP) is 4.35. The summed E-state index contributed by atoms with van der Waals surface area (Å²) in [6.07, 6.45) is 7.33. The molecule has 1 atom stereocenters. The second-order valence-corrected chi connectivity index (χ2v) is 9.30. The van der Waals surface area contributed by atoms with Gasteiger partial charge in [0.05, 0.1) is 25.0 Å². The largest absolute Gasteiger partial charge is 0.446 e. The molecule has 5 rings (SSSR count). The Hall–Kier alpha value is -3.20. The van der Waals surface area contributed by atoms with Gasteiger partial charge in [-0.05, 0) is 49.9 Å². The van der Waals surface area contributed by atoms with E-state index in [0.29, 0.717) is 18.1 Å². The van der Waals surface area contributed by atoms with Gasteiger partial charge in [-0.25, -0.2) is 9.78 Å². The Morgan fingerprint density at radius 1 is 1.21 bits per heavy atom. The van der Waals surface area contributed by atoms with Gasteiger partial charge in [0.1, 0.15) is 17.7 Å². The molecule has 10 heteroatoms. The van der Waals surface area contributed by atoms with E-state index in [1.807, 2.05) is 32.0 Å². The molecule has 0 spiro atoms. The number of ether oxygens (including phenoxy) is 1. The summed E-state index contributed by atoms with van der Waals surface area (Å²) >= 11 is 6.34. The summed E-state index contributed by atoms with van der Waals surface area (Å²) in [5, 5.41) is 9.75. The van der Waals surface area contributed by atoms with Gasteiger partial charge in [0.2, 0.25) is 0 Å². The van der Waals surface area contributed by atoms with Crippen LogP contribution in [0.3, 0.4) is 0 Å². The van der Waals surface area contributed by atoms with Gasteiger partial charge in [-0.15, -0.1) is 10.2 Å². The topological polar surface area (TPSA) is 89.3 Å². The number of carbonyl (C=O) groups excluding carboxylic acids is 1. The number of hydrogen-bond acceptors (Lipinski definition) is 7. The molecule has 9 nitrogen and oxygen atoms in total. The average Bonchev–Trinajstić information content (AvgIpc) is 3.20. The van der Waals surface area contributed by atoms with Crippen molar-refractivity contribution in [3.63, 3.8) is 0 Å². The summed E-state index contributed by atoms with van der Waals surface area (Å²) in [6.45, 7) is 6.35. The van der Waals surface area contributed by atoms with Crippen LogP contribution < -0.4 is 4.90 Å². The number of anilines is 1. The lowest BCUT2D eigenvalue weighted by molar-refractivity contribution is 0.0637. The molecule has 0 N–H and O–H groups in total. The van der Waals surface area contributed by atoms with E-state index in [1.165, 1.54) is 0 Å². The van der Waals surface area contributed by atoms with Crippen molar-refractivity contribution in [2.75, 3.05) is 18.0 Å². The number of fused-ring (bicyclic) bond motifs is 3. The zero-order valence-corrected chi connectivity index (χ0v) is 20.1. The number of piperidine rings is 1. The SMILES string of the molecule is CC[C@H](C)OC(=O)N1Cc2cc(Cl)ccc2-n2c(nnc2C2CCN(c3cnccn3)CC2)C1. The highest BCUT2D eigenvalue weighted by Crippen LogP contribution is 2.34. The van der Waals surface area contributed by atoms with Crippen LogP contribution in [-0.4, -0.2) is 54.9 Å². The lowest BCUT2D eigenvalue weighted by Crippen LogP contribution is -2.34. The van der Waals surface area contributed by atoms with E-state index in [0.717, 1.165) is 61.1 Å². The first kappa shape index (κ1) is 22.6. The van der Waals surface area contributed by atoms with Crippen molar-refractivity contribution in [3.05, 3.63) is 59.0 Å². The molecule has 1 aromatic carbocycles. The molecule has 34 heavy (non-hydrogen) atoms. The van der Waals surface area contributed by atoms with Gasteiger partial charge in [-0.1, -0.05) is 18.5 Å². The molecule has 0 aliphatic carbocycles. The van der Waals surface area contributed by atoms with E-state index in [-0.39, 0.29) is 18.1 Å². The highest BCUT2D eigenvalue weighted by atomic mass is 35.5. The Bertz CT molecular complexity index is 1160. The van der Waals surface area contributed by atoms with Crippen LogP contribution in [0.4, 0.5) is 10.6 Å². The van der Waals surface area contributed by atoms with Crippen LogP contribution in [0, 0.1) is 0 Å². The number of rotatable bonds is 4. The molecule has 2 aliphatic heterocycles. The van der Waals surface area contributed by atoms with Crippen molar-refractivity contribution in [2.45, 2.75) is 58.2 Å². The van der Waals surface area contributed by atoms with Crippen molar-refractivity contribution in [3.8, 4) is 5.69 Å². The molecule has 2 aromatic heterocycles. The van der Waals surface area contributed by atoms with E-state index in [2.05, 4.69) is 29.6 Å². The third kappa shape index (κ3) is 4.44. The van der Waals surface area contributed by atoms with Crippen molar-refractivity contribution in [1.82, 2.24) is 29.6 Å². The third-order valence-electron chi connectivity index (χ3n) is 6.60.